The van der Waals surface area contributed by atoms with Gasteiger partial charge < -0.3 is 5.11 Å². The number of hydrogen-bond donors (Lipinski definition) is 2. The van der Waals surface area contributed by atoms with Crippen LogP contribution < -0.4 is 0 Å². The molecule has 6 atom stereocenters. The molecule has 1 N–H and O–H groups in total. The highest BCUT2D eigenvalue weighted by Crippen LogP contribution is 2.65. The van der Waals surface area contributed by atoms with Crippen LogP contribution in [-0.4, -0.2) is 22.7 Å². The number of Topliss-reactive ketones (excluding diaryl/α,β-unsaturated/α-hetero) is 1. The molecule has 0 radical (unpaired) electrons. The average Bonchev–Trinajstić information content (AvgIpc) is 2.84. The third-order valence-corrected chi connectivity index (χ3v) is 8.29. The van der Waals surface area contributed by atoms with Gasteiger partial charge in [0.15, 0.2) is 0 Å². The molecule has 2 nitrogen and oxygen atoms in total. The quantitative estimate of drug-likeness (QED) is 0.587. The molecule has 0 heterocycles. The maximum atomic E-state index is 12.5. The second-order valence-corrected chi connectivity index (χ2v) is 9.23. The third kappa shape index (κ3) is 2.22. The molecule has 0 amide bonds. The van der Waals surface area contributed by atoms with Gasteiger partial charge in [0.05, 0.1) is 6.10 Å². The largest absolute Gasteiger partial charge is 0.393 e. The van der Waals surface area contributed by atoms with Gasteiger partial charge in [0, 0.05) is 11.8 Å². The Bertz CT molecular complexity index is 542. The summed E-state index contributed by atoms with van der Waals surface area (Å²) in [7, 11) is 0. The van der Waals surface area contributed by atoms with Gasteiger partial charge in [-0.1, -0.05) is 18.6 Å². The lowest BCUT2D eigenvalue weighted by Crippen LogP contribution is -2.51. The van der Waals surface area contributed by atoms with Crippen molar-refractivity contribution in [3.8, 4) is 0 Å². The van der Waals surface area contributed by atoms with Crippen molar-refractivity contribution >= 4 is 18.4 Å². The van der Waals surface area contributed by atoms with E-state index >= 15 is 0 Å². The molecule has 3 saturated carbocycles. The van der Waals surface area contributed by atoms with Gasteiger partial charge in [-0.2, -0.15) is 12.6 Å². The summed E-state index contributed by atoms with van der Waals surface area (Å²) in [4.78, 5) is 12.5. The molecule has 0 aromatic rings. The highest BCUT2D eigenvalue weighted by atomic mass is 32.1. The molecular weight excluding hydrogens is 304 g/mol. The third-order valence-electron chi connectivity index (χ3n) is 8.07. The van der Waals surface area contributed by atoms with Crippen molar-refractivity contribution in [1.82, 2.24) is 0 Å². The first-order chi connectivity index (χ1) is 11.0. The molecule has 0 unspecified atom stereocenters. The van der Waals surface area contributed by atoms with Crippen LogP contribution >= 0.6 is 12.6 Å². The van der Waals surface area contributed by atoms with Crippen molar-refractivity contribution < 1.29 is 9.90 Å². The summed E-state index contributed by atoms with van der Waals surface area (Å²) in [6, 6.07) is 0. The van der Waals surface area contributed by atoms with Gasteiger partial charge >= 0.3 is 0 Å². The Morgan fingerprint density at radius 3 is 2.87 bits per heavy atom. The van der Waals surface area contributed by atoms with E-state index in [0.29, 0.717) is 23.5 Å². The molecule has 0 aliphatic heterocycles. The SMILES string of the molecule is C[C@]12CC[C@H]3[C@@H](CC=C4C[C@@H](O)CC[C@@]43CCS)[C@@H]1CCC2=O. The van der Waals surface area contributed by atoms with Crippen LogP contribution in [0.2, 0.25) is 0 Å². The number of aliphatic hydroxyl groups is 1. The monoisotopic (exact) mass is 334 g/mol. The molecule has 0 saturated heterocycles. The van der Waals surface area contributed by atoms with E-state index in [1.807, 2.05) is 0 Å². The summed E-state index contributed by atoms with van der Waals surface area (Å²) >= 11 is 4.58. The number of hydrogen-bond acceptors (Lipinski definition) is 3. The summed E-state index contributed by atoms with van der Waals surface area (Å²) < 4.78 is 0. The number of ketones is 1. The van der Waals surface area contributed by atoms with E-state index < -0.39 is 0 Å². The molecule has 0 spiro atoms. The van der Waals surface area contributed by atoms with Crippen molar-refractivity contribution in [2.45, 2.75) is 70.8 Å². The zero-order valence-electron chi connectivity index (χ0n) is 14.3. The fraction of sp³-hybridized carbons (Fsp3) is 0.850. The molecule has 0 aromatic carbocycles. The molecule has 0 aromatic heterocycles. The van der Waals surface area contributed by atoms with Crippen LogP contribution in [0.4, 0.5) is 0 Å². The lowest BCUT2D eigenvalue weighted by molar-refractivity contribution is -0.132. The van der Waals surface area contributed by atoms with Crippen LogP contribution in [0.5, 0.6) is 0 Å². The minimum Gasteiger partial charge on any atom is -0.393 e. The Kier molecular flexibility index (Phi) is 3.96. The van der Waals surface area contributed by atoms with Crippen molar-refractivity contribution in [3.05, 3.63) is 11.6 Å². The van der Waals surface area contributed by atoms with Gasteiger partial charge in [0.1, 0.15) is 5.78 Å². The van der Waals surface area contributed by atoms with Gasteiger partial charge in [0.25, 0.3) is 0 Å². The standard InChI is InChI=1S/C20H30O2S/c1-19-8-7-17-15(16(19)4-5-18(19)22)3-2-13-12-14(21)6-9-20(13,17)10-11-23/h2,14-17,21,23H,3-12H2,1H3/t14-,15-,16-,17-,19-,20+/m0/s1. The van der Waals surface area contributed by atoms with Crippen molar-refractivity contribution in [2.24, 2.45) is 28.6 Å². The maximum absolute atomic E-state index is 12.5. The van der Waals surface area contributed by atoms with Gasteiger partial charge in [-0.15, -0.1) is 0 Å². The predicted molar refractivity (Wildman–Crippen MR) is 95.5 cm³/mol. The first-order valence-electron chi connectivity index (χ1n) is 9.53. The van der Waals surface area contributed by atoms with Crippen LogP contribution in [0, 0.1) is 28.6 Å². The molecule has 3 fully saturated rings. The Hall–Kier alpha value is -0.280. The summed E-state index contributed by atoms with van der Waals surface area (Å²) in [6.45, 7) is 2.25. The number of thiol groups is 1. The minimum atomic E-state index is -0.146. The number of rotatable bonds is 2. The molecule has 4 aliphatic carbocycles. The van der Waals surface area contributed by atoms with Gasteiger partial charge in [-0.05, 0) is 80.3 Å². The highest BCUT2D eigenvalue weighted by Gasteiger charge is 2.59. The zero-order chi connectivity index (χ0) is 16.2. The van der Waals surface area contributed by atoms with E-state index in [0.717, 1.165) is 57.1 Å². The number of carbonyl (C=O) groups excluding carboxylic acids is 1. The van der Waals surface area contributed by atoms with Crippen LogP contribution in [0.15, 0.2) is 11.6 Å². The van der Waals surface area contributed by atoms with Crippen LogP contribution in [-0.2, 0) is 4.79 Å². The van der Waals surface area contributed by atoms with E-state index in [1.165, 1.54) is 12.0 Å². The van der Waals surface area contributed by atoms with Crippen molar-refractivity contribution in [3.63, 3.8) is 0 Å². The first kappa shape index (κ1) is 16.2. The molecule has 3 heteroatoms. The summed E-state index contributed by atoms with van der Waals surface area (Å²) in [5, 5.41) is 10.1. The van der Waals surface area contributed by atoms with Gasteiger partial charge in [-0.25, -0.2) is 0 Å². The second-order valence-electron chi connectivity index (χ2n) is 8.79. The van der Waals surface area contributed by atoms with E-state index in [-0.39, 0.29) is 16.9 Å². The molecule has 4 rings (SSSR count). The van der Waals surface area contributed by atoms with E-state index in [2.05, 4.69) is 25.6 Å². The van der Waals surface area contributed by atoms with Gasteiger partial charge in [0.2, 0.25) is 0 Å². The lowest BCUT2D eigenvalue weighted by Gasteiger charge is -2.58. The van der Waals surface area contributed by atoms with Crippen molar-refractivity contribution in [2.75, 3.05) is 5.75 Å². The van der Waals surface area contributed by atoms with E-state index in [1.54, 1.807) is 0 Å². The van der Waals surface area contributed by atoms with Crippen LogP contribution in [0.25, 0.3) is 0 Å². The summed E-state index contributed by atoms with van der Waals surface area (Å²) in [5.74, 6) is 3.44. The van der Waals surface area contributed by atoms with E-state index in [9.17, 15) is 9.90 Å². The van der Waals surface area contributed by atoms with E-state index in [4.69, 9.17) is 0 Å². The van der Waals surface area contributed by atoms with Crippen LogP contribution in [0.1, 0.15) is 64.7 Å². The summed E-state index contributed by atoms with van der Waals surface area (Å²) in [6.07, 6.45) is 11.7. The average molecular weight is 335 g/mol. The number of allylic oxidation sites excluding steroid dienone is 1. The normalized spacial score (nSPS) is 49.2. The molecule has 0 bridgehead atoms. The smallest absolute Gasteiger partial charge is 0.139 e. The predicted octanol–water partition coefficient (Wildman–Crippen LogP) is 4.18. The summed E-state index contributed by atoms with van der Waals surface area (Å²) in [5.41, 5.74) is 1.76. The lowest BCUT2D eigenvalue weighted by atomic mass is 9.47. The van der Waals surface area contributed by atoms with Crippen LogP contribution in [0.3, 0.4) is 0 Å². The molecule has 128 valence electrons. The minimum absolute atomic E-state index is 0.0388. The Morgan fingerprint density at radius 1 is 1.26 bits per heavy atom. The fourth-order valence-corrected chi connectivity index (χ4v) is 7.28. The number of carbonyl (C=O) groups is 1. The topological polar surface area (TPSA) is 37.3 Å². The Balaban J connectivity index is 1.71. The molecule has 4 aliphatic rings. The van der Waals surface area contributed by atoms with Crippen molar-refractivity contribution in [1.29, 1.82) is 0 Å². The zero-order valence-corrected chi connectivity index (χ0v) is 15.2. The Labute approximate surface area is 145 Å². The fourth-order valence-electron chi connectivity index (χ4n) is 6.88. The Morgan fingerprint density at radius 2 is 2.09 bits per heavy atom. The highest BCUT2D eigenvalue weighted by molar-refractivity contribution is 7.80. The molecule has 23 heavy (non-hydrogen) atoms. The number of aliphatic hydroxyl groups excluding tert-OH is 1. The number of fused-ring (bicyclic) bond motifs is 5. The second kappa shape index (κ2) is 5.62. The first-order valence-corrected chi connectivity index (χ1v) is 10.2. The molecular formula is C20H30O2S. The van der Waals surface area contributed by atoms with Gasteiger partial charge in [-0.3, -0.25) is 4.79 Å². The maximum Gasteiger partial charge on any atom is 0.139 e.